The number of ether oxygens (including phenoxy) is 3. The molecule has 0 bridgehead atoms. The first-order valence-corrected chi connectivity index (χ1v) is 3.62. The quantitative estimate of drug-likeness (QED) is 0.364. The molecule has 11 heavy (non-hydrogen) atoms. The van der Waals surface area contributed by atoms with E-state index < -0.39 is 15.0 Å². The average molecular weight is 183 g/mol. The van der Waals surface area contributed by atoms with E-state index in [-0.39, 0.29) is 0 Å². The normalized spacial score (nSPS) is 13.8. The van der Waals surface area contributed by atoms with Crippen molar-refractivity contribution in [3.8, 4) is 0 Å². The molecule has 0 spiro atoms. The molecule has 0 aromatic carbocycles. The van der Waals surface area contributed by atoms with E-state index in [4.69, 9.17) is 14.2 Å². The van der Waals surface area contributed by atoms with Crippen LogP contribution in [0.1, 0.15) is 0 Å². The summed E-state index contributed by atoms with van der Waals surface area (Å²) in [5.74, 6) is -1.35. The van der Waals surface area contributed by atoms with Crippen LogP contribution >= 0.6 is 9.04 Å². The zero-order valence-electron chi connectivity index (χ0n) is 6.63. The fraction of sp³-hybridized carbons (Fsp3) is 0.800. The van der Waals surface area contributed by atoms with Crippen molar-refractivity contribution in [1.29, 1.82) is 0 Å². The fourth-order valence-electron chi connectivity index (χ4n) is 0.512. The molecule has 0 saturated heterocycles. The molecular weight excluding hydrogens is 172 g/mol. The van der Waals surface area contributed by atoms with Crippen molar-refractivity contribution < 1.29 is 18.4 Å². The van der Waals surface area contributed by atoms with Crippen molar-refractivity contribution >= 4 is 15.3 Å². The second-order valence-electron chi connectivity index (χ2n) is 1.56. The zero-order chi connectivity index (χ0) is 8.74. The lowest BCUT2D eigenvalue weighted by molar-refractivity contribution is -0.299. The van der Waals surface area contributed by atoms with Crippen molar-refractivity contribution in [1.82, 2.24) is 0 Å². The molecule has 0 amide bonds. The van der Waals surface area contributed by atoms with Crippen molar-refractivity contribution in [2.45, 2.75) is 5.97 Å². The van der Waals surface area contributed by atoms with Gasteiger partial charge in [-0.05, 0) is 0 Å². The van der Waals surface area contributed by atoms with Crippen LogP contribution in [0.5, 0.6) is 0 Å². The van der Waals surface area contributed by atoms with Gasteiger partial charge in [0.15, 0.2) is 9.04 Å². The molecule has 0 aliphatic carbocycles. The third-order valence-electron chi connectivity index (χ3n) is 1.13. The molecule has 0 fully saturated rings. The second kappa shape index (κ2) is 5.55. The van der Waals surface area contributed by atoms with Gasteiger partial charge in [-0.3, -0.25) is 0 Å². The maximum atomic E-state index is 11.6. The number of methoxy groups -OCH3 is 3. The SMILES string of the molecule is COC(C=NPF)(OC)OC. The predicted octanol–water partition coefficient (Wildman–Crippen LogP) is 1.13. The number of rotatable bonds is 5. The standard InChI is InChI=1S/C5H11FNO3P/c1-8-5(9-2,10-3)4-7-11-6/h4,11H,1-3H3. The Labute approximate surface area is 66.7 Å². The Morgan fingerprint density at radius 2 is 1.73 bits per heavy atom. The molecule has 0 aromatic heterocycles. The molecule has 4 nitrogen and oxygen atoms in total. The Kier molecular flexibility index (Phi) is 5.50. The van der Waals surface area contributed by atoms with Crippen LogP contribution in [0.15, 0.2) is 4.76 Å². The minimum atomic E-state index is -1.35. The van der Waals surface area contributed by atoms with Crippen LogP contribution in [0, 0.1) is 0 Å². The van der Waals surface area contributed by atoms with Crippen molar-refractivity contribution in [3.05, 3.63) is 0 Å². The molecule has 0 radical (unpaired) electrons. The topological polar surface area (TPSA) is 40.0 Å². The summed E-state index contributed by atoms with van der Waals surface area (Å²) in [6.45, 7) is 0. The lowest BCUT2D eigenvalue weighted by Gasteiger charge is -2.23. The Morgan fingerprint density at radius 3 is 2.00 bits per heavy atom. The lowest BCUT2D eigenvalue weighted by atomic mass is 10.6. The van der Waals surface area contributed by atoms with E-state index in [9.17, 15) is 4.20 Å². The van der Waals surface area contributed by atoms with E-state index in [1.165, 1.54) is 21.3 Å². The summed E-state index contributed by atoms with van der Waals surface area (Å²) in [5, 5.41) is 0. The Bertz CT molecular complexity index is 121. The first-order valence-electron chi connectivity index (χ1n) is 2.80. The van der Waals surface area contributed by atoms with Crippen LogP contribution in [0.4, 0.5) is 4.20 Å². The molecule has 0 aliphatic heterocycles. The maximum Gasteiger partial charge on any atom is 0.321 e. The summed E-state index contributed by atoms with van der Waals surface area (Å²) in [6, 6.07) is 0. The van der Waals surface area contributed by atoms with E-state index in [0.717, 1.165) is 6.21 Å². The van der Waals surface area contributed by atoms with Crippen molar-refractivity contribution in [2.24, 2.45) is 4.76 Å². The van der Waals surface area contributed by atoms with Gasteiger partial charge in [-0.1, -0.05) is 0 Å². The van der Waals surface area contributed by atoms with Gasteiger partial charge in [-0.2, -0.15) is 0 Å². The summed E-state index contributed by atoms with van der Waals surface area (Å²) in [6.07, 6.45) is 1.13. The van der Waals surface area contributed by atoms with Crippen molar-refractivity contribution in [3.63, 3.8) is 0 Å². The average Bonchev–Trinajstić information content (AvgIpc) is 2.08. The number of halogens is 1. The lowest BCUT2D eigenvalue weighted by Crippen LogP contribution is -2.37. The van der Waals surface area contributed by atoms with Crippen LogP contribution < -0.4 is 0 Å². The highest BCUT2D eigenvalue weighted by Crippen LogP contribution is 2.15. The van der Waals surface area contributed by atoms with Gasteiger partial charge in [-0.15, -0.1) is 0 Å². The molecule has 1 unspecified atom stereocenters. The van der Waals surface area contributed by atoms with E-state index in [2.05, 4.69) is 4.76 Å². The summed E-state index contributed by atoms with van der Waals surface area (Å²) in [4.78, 5) is 0. The van der Waals surface area contributed by atoms with E-state index in [1.807, 2.05) is 0 Å². The predicted molar refractivity (Wildman–Crippen MR) is 41.7 cm³/mol. The highest BCUT2D eigenvalue weighted by Gasteiger charge is 2.26. The summed E-state index contributed by atoms with van der Waals surface area (Å²) in [7, 11) is 3.10. The van der Waals surface area contributed by atoms with Gasteiger partial charge in [-0.25, -0.2) is 8.96 Å². The van der Waals surface area contributed by atoms with Gasteiger partial charge in [0.05, 0.1) is 6.21 Å². The second-order valence-corrected chi connectivity index (χ2v) is 1.99. The van der Waals surface area contributed by atoms with E-state index >= 15 is 0 Å². The smallest absolute Gasteiger partial charge is 0.321 e. The molecule has 1 atom stereocenters. The summed E-state index contributed by atoms with van der Waals surface area (Å²) >= 11 is 0. The largest absolute Gasteiger partial charge is 0.326 e. The minimum Gasteiger partial charge on any atom is -0.326 e. The number of hydrogen-bond donors (Lipinski definition) is 0. The van der Waals surface area contributed by atoms with Crippen LogP contribution in [0.25, 0.3) is 0 Å². The molecule has 0 heterocycles. The molecular formula is C5H11FNO3P. The van der Waals surface area contributed by atoms with Crippen LogP contribution in [-0.2, 0) is 14.2 Å². The molecule has 0 aliphatic rings. The highest BCUT2D eigenvalue weighted by molar-refractivity contribution is 7.30. The number of hydrogen-bond acceptors (Lipinski definition) is 4. The maximum absolute atomic E-state index is 11.6. The van der Waals surface area contributed by atoms with Gasteiger partial charge in [0.1, 0.15) is 0 Å². The first kappa shape index (κ1) is 10.9. The molecule has 0 saturated carbocycles. The van der Waals surface area contributed by atoms with E-state index in [1.54, 1.807) is 0 Å². The Balaban J connectivity index is 4.16. The van der Waals surface area contributed by atoms with Gasteiger partial charge in [0.2, 0.25) is 0 Å². The van der Waals surface area contributed by atoms with Gasteiger partial charge >= 0.3 is 5.97 Å². The van der Waals surface area contributed by atoms with Crippen LogP contribution in [0.2, 0.25) is 0 Å². The minimum absolute atomic E-state index is 1.03. The molecule has 66 valence electrons. The summed E-state index contributed by atoms with van der Waals surface area (Å²) in [5.41, 5.74) is 0. The van der Waals surface area contributed by atoms with Gasteiger partial charge < -0.3 is 14.2 Å². The molecule has 0 rings (SSSR count). The van der Waals surface area contributed by atoms with Gasteiger partial charge in [0, 0.05) is 21.3 Å². The molecule has 6 heteroatoms. The third-order valence-corrected chi connectivity index (χ3v) is 1.35. The zero-order valence-corrected chi connectivity index (χ0v) is 7.63. The Morgan fingerprint density at radius 1 is 1.27 bits per heavy atom. The van der Waals surface area contributed by atoms with Crippen LogP contribution in [0.3, 0.4) is 0 Å². The molecule has 0 N–H and O–H groups in total. The highest BCUT2D eigenvalue weighted by atomic mass is 31.1. The first-order chi connectivity index (χ1) is 5.24. The third kappa shape index (κ3) is 3.20. The Hall–Kier alpha value is -0.0900. The number of nitrogens with zero attached hydrogens (tertiary/aromatic N) is 1. The molecule has 0 aromatic rings. The van der Waals surface area contributed by atoms with Crippen molar-refractivity contribution in [2.75, 3.05) is 21.3 Å². The van der Waals surface area contributed by atoms with Crippen LogP contribution in [-0.4, -0.2) is 33.5 Å². The fourth-order valence-corrected chi connectivity index (χ4v) is 0.718. The van der Waals surface area contributed by atoms with E-state index in [0.29, 0.717) is 0 Å². The monoisotopic (exact) mass is 183 g/mol. The van der Waals surface area contributed by atoms with Gasteiger partial charge in [0.25, 0.3) is 0 Å². The summed E-state index contributed by atoms with van der Waals surface area (Å²) < 4.78 is 29.3.